The first-order valence-electron chi connectivity index (χ1n) is 22.8. The normalized spacial score (nSPS) is 21.7. The highest BCUT2D eigenvalue weighted by molar-refractivity contribution is 5.77. The fraction of sp³-hybridized carbons (Fsp3) is 0.694. The number of carbonyl (C=O) groups excluding carboxylic acids is 1. The van der Waals surface area contributed by atoms with Gasteiger partial charge in [-0.25, -0.2) is 0 Å². The first kappa shape index (κ1) is 53.4. The molecule has 1 aliphatic rings. The molecule has 1 amide bonds. The van der Waals surface area contributed by atoms with E-state index in [1.807, 2.05) is 18.2 Å². The van der Waals surface area contributed by atoms with Crippen molar-refractivity contribution in [2.45, 2.75) is 204 Å². The second kappa shape index (κ2) is 38.6. The number of rotatable bonds is 36. The molecule has 0 aromatic carbocycles. The standard InChI is InChI=1S/C49H83NO8/c1-3-5-7-9-11-13-15-17-19-20-21-22-23-25-26-28-30-32-34-36-38-43(52)42(41-57-49-48(56)47(55)46(54)44(40-51)58-49)50-45(53)39-37-35-33-31-29-27-24-18-16-14-12-10-8-6-4-2/h6,8,12,14,18,24,28-31,35-38,42-44,46-49,51-52,54-56H,3-5,7,9-11,13,15-17,19-23,25-27,32-34,39-41H2,1-2H3,(H,50,53)/b8-6-,14-12-,24-18-,30-28+,31-29-,37-35-,38-36+. The topological polar surface area (TPSA) is 149 Å². The van der Waals surface area contributed by atoms with Gasteiger partial charge >= 0.3 is 0 Å². The van der Waals surface area contributed by atoms with Crippen molar-refractivity contribution in [1.29, 1.82) is 0 Å². The number of aliphatic hydroxyl groups excluding tert-OH is 5. The molecule has 0 saturated carbocycles. The van der Waals surface area contributed by atoms with E-state index < -0.39 is 49.5 Å². The predicted octanol–water partition coefficient (Wildman–Crippen LogP) is 9.55. The lowest BCUT2D eigenvalue weighted by molar-refractivity contribution is -0.302. The Kier molecular flexibility index (Phi) is 35.5. The zero-order chi connectivity index (χ0) is 42.3. The van der Waals surface area contributed by atoms with Crippen LogP contribution in [0.4, 0.5) is 0 Å². The Morgan fingerprint density at radius 2 is 1.09 bits per heavy atom. The molecule has 0 aromatic heterocycles. The number of unbranched alkanes of at least 4 members (excludes halogenated alkanes) is 15. The molecule has 9 nitrogen and oxygen atoms in total. The number of ether oxygens (including phenoxy) is 2. The lowest BCUT2D eigenvalue weighted by Crippen LogP contribution is -2.60. The lowest BCUT2D eigenvalue weighted by atomic mass is 9.99. The molecule has 6 N–H and O–H groups in total. The monoisotopic (exact) mass is 814 g/mol. The van der Waals surface area contributed by atoms with Gasteiger partial charge in [0.2, 0.25) is 5.91 Å². The van der Waals surface area contributed by atoms with E-state index in [4.69, 9.17) is 9.47 Å². The number of hydrogen-bond acceptors (Lipinski definition) is 8. The Balaban J connectivity index is 2.45. The van der Waals surface area contributed by atoms with Crippen LogP contribution in [0.1, 0.15) is 162 Å². The van der Waals surface area contributed by atoms with Gasteiger partial charge in [-0.05, 0) is 57.8 Å². The maximum absolute atomic E-state index is 12.9. The van der Waals surface area contributed by atoms with Gasteiger partial charge in [0.15, 0.2) is 6.29 Å². The smallest absolute Gasteiger partial charge is 0.224 e. The molecule has 1 rings (SSSR count). The third kappa shape index (κ3) is 28.7. The van der Waals surface area contributed by atoms with Gasteiger partial charge in [0.25, 0.3) is 0 Å². The summed E-state index contributed by atoms with van der Waals surface area (Å²) in [5, 5.41) is 54.0. The Hall–Kier alpha value is -2.63. The van der Waals surface area contributed by atoms with Crippen LogP contribution in [0.2, 0.25) is 0 Å². The summed E-state index contributed by atoms with van der Waals surface area (Å²) in [5.74, 6) is -0.317. The van der Waals surface area contributed by atoms with Crippen molar-refractivity contribution in [2.24, 2.45) is 0 Å². The summed E-state index contributed by atoms with van der Waals surface area (Å²) in [6.07, 6.45) is 46.6. The van der Waals surface area contributed by atoms with Crippen molar-refractivity contribution in [2.75, 3.05) is 13.2 Å². The van der Waals surface area contributed by atoms with Crippen molar-refractivity contribution in [3.05, 3.63) is 85.1 Å². The van der Waals surface area contributed by atoms with E-state index in [0.717, 1.165) is 44.9 Å². The van der Waals surface area contributed by atoms with E-state index in [9.17, 15) is 30.3 Å². The molecule has 0 aromatic rings. The summed E-state index contributed by atoms with van der Waals surface area (Å²) in [5.41, 5.74) is 0. The molecule has 0 spiro atoms. The Morgan fingerprint density at radius 1 is 0.603 bits per heavy atom. The van der Waals surface area contributed by atoms with Gasteiger partial charge in [0, 0.05) is 6.42 Å². The van der Waals surface area contributed by atoms with Gasteiger partial charge in [-0.3, -0.25) is 4.79 Å². The van der Waals surface area contributed by atoms with Crippen molar-refractivity contribution in [3.8, 4) is 0 Å². The molecule has 0 radical (unpaired) electrons. The molecule has 1 heterocycles. The number of aliphatic hydroxyl groups is 5. The minimum absolute atomic E-state index is 0.102. The van der Waals surface area contributed by atoms with Crippen LogP contribution >= 0.6 is 0 Å². The summed E-state index contributed by atoms with van der Waals surface area (Å²) in [4.78, 5) is 12.9. The quantitative estimate of drug-likeness (QED) is 0.0271. The first-order valence-corrected chi connectivity index (χ1v) is 22.8. The van der Waals surface area contributed by atoms with E-state index in [2.05, 4.69) is 73.8 Å². The molecule has 58 heavy (non-hydrogen) atoms. The third-order valence-electron chi connectivity index (χ3n) is 10.2. The first-order chi connectivity index (χ1) is 28.3. The summed E-state index contributed by atoms with van der Waals surface area (Å²) in [7, 11) is 0. The molecule has 1 aliphatic heterocycles. The van der Waals surface area contributed by atoms with Crippen LogP contribution in [0.25, 0.3) is 0 Å². The Labute approximate surface area is 352 Å². The van der Waals surface area contributed by atoms with Crippen LogP contribution in [0.15, 0.2) is 85.1 Å². The molecule has 0 aliphatic carbocycles. The minimum atomic E-state index is -1.59. The molecule has 0 bridgehead atoms. The number of carbonyl (C=O) groups is 1. The fourth-order valence-electron chi connectivity index (χ4n) is 6.59. The molecule has 9 heteroatoms. The molecule has 332 valence electrons. The van der Waals surface area contributed by atoms with E-state index in [1.165, 1.54) is 89.9 Å². The van der Waals surface area contributed by atoms with Gasteiger partial charge in [-0.2, -0.15) is 0 Å². The van der Waals surface area contributed by atoms with Crippen molar-refractivity contribution in [1.82, 2.24) is 5.32 Å². The maximum Gasteiger partial charge on any atom is 0.224 e. The third-order valence-corrected chi connectivity index (χ3v) is 10.2. The van der Waals surface area contributed by atoms with Crippen molar-refractivity contribution < 1.29 is 39.8 Å². The van der Waals surface area contributed by atoms with E-state index in [-0.39, 0.29) is 18.9 Å². The zero-order valence-electron chi connectivity index (χ0n) is 36.3. The molecule has 7 unspecified atom stereocenters. The lowest BCUT2D eigenvalue weighted by Gasteiger charge is -2.40. The van der Waals surface area contributed by atoms with Crippen LogP contribution in [0.3, 0.4) is 0 Å². The van der Waals surface area contributed by atoms with Gasteiger partial charge in [0.05, 0.1) is 25.4 Å². The number of hydrogen-bond donors (Lipinski definition) is 6. The van der Waals surface area contributed by atoms with E-state index >= 15 is 0 Å². The fourth-order valence-corrected chi connectivity index (χ4v) is 6.59. The van der Waals surface area contributed by atoms with Crippen LogP contribution in [0, 0.1) is 0 Å². The SMILES string of the molecule is CC/C=C\C/C=C\C/C=C\C/C=C\C/C=C\CC(=O)NC(COC1OC(CO)C(O)C(O)C1O)C(O)/C=C/CC/C=C/CCCCCCCCCCCCCCCC. The number of amides is 1. The zero-order valence-corrected chi connectivity index (χ0v) is 36.3. The summed E-state index contributed by atoms with van der Waals surface area (Å²) < 4.78 is 11.1. The van der Waals surface area contributed by atoms with Crippen LogP contribution < -0.4 is 5.32 Å². The molecular formula is C49H83NO8. The minimum Gasteiger partial charge on any atom is -0.394 e. The summed E-state index contributed by atoms with van der Waals surface area (Å²) in [6.45, 7) is 3.57. The van der Waals surface area contributed by atoms with E-state index in [0.29, 0.717) is 6.42 Å². The highest BCUT2D eigenvalue weighted by atomic mass is 16.7. The second-order valence-corrected chi connectivity index (χ2v) is 15.5. The van der Waals surface area contributed by atoms with Crippen LogP contribution in [-0.2, 0) is 14.3 Å². The largest absolute Gasteiger partial charge is 0.394 e. The van der Waals surface area contributed by atoms with Gasteiger partial charge in [0.1, 0.15) is 24.4 Å². The van der Waals surface area contributed by atoms with Crippen molar-refractivity contribution in [3.63, 3.8) is 0 Å². The van der Waals surface area contributed by atoms with Crippen LogP contribution in [-0.4, -0.2) is 87.5 Å². The molecule has 1 fully saturated rings. The van der Waals surface area contributed by atoms with Crippen LogP contribution in [0.5, 0.6) is 0 Å². The second-order valence-electron chi connectivity index (χ2n) is 15.5. The number of allylic oxidation sites excluding steroid dienone is 12. The highest BCUT2D eigenvalue weighted by Gasteiger charge is 2.44. The molecule has 1 saturated heterocycles. The highest BCUT2D eigenvalue weighted by Crippen LogP contribution is 2.22. The van der Waals surface area contributed by atoms with Gasteiger partial charge in [-0.15, -0.1) is 0 Å². The van der Waals surface area contributed by atoms with Gasteiger partial charge < -0.3 is 40.3 Å². The average Bonchev–Trinajstić information content (AvgIpc) is 3.22. The Morgan fingerprint density at radius 3 is 1.62 bits per heavy atom. The summed E-state index contributed by atoms with van der Waals surface area (Å²) in [6, 6.07) is -0.880. The Bertz CT molecular complexity index is 1180. The summed E-state index contributed by atoms with van der Waals surface area (Å²) >= 11 is 0. The van der Waals surface area contributed by atoms with E-state index in [1.54, 1.807) is 12.2 Å². The average molecular weight is 814 g/mol. The van der Waals surface area contributed by atoms with Gasteiger partial charge in [-0.1, -0.05) is 182 Å². The predicted molar refractivity (Wildman–Crippen MR) is 239 cm³/mol. The maximum atomic E-state index is 12.9. The van der Waals surface area contributed by atoms with Crippen molar-refractivity contribution >= 4 is 5.91 Å². The molecular weight excluding hydrogens is 731 g/mol. The molecule has 7 atom stereocenters. The number of nitrogens with one attached hydrogen (secondary N) is 1.